The molecule has 0 saturated heterocycles. The molecule has 0 spiro atoms. The highest BCUT2D eigenvalue weighted by Crippen LogP contribution is 2.36. The lowest BCUT2D eigenvalue weighted by Crippen LogP contribution is -2.31. The quantitative estimate of drug-likeness (QED) is 0.656. The van der Waals surface area contributed by atoms with Crippen LogP contribution in [-0.4, -0.2) is 5.75 Å². The second-order valence-electron chi connectivity index (χ2n) is 6.53. The summed E-state index contributed by atoms with van der Waals surface area (Å²) in [6, 6.07) is 7.01. The van der Waals surface area contributed by atoms with Crippen molar-refractivity contribution in [2.45, 2.75) is 43.9 Å². The first kappa shape index (κ1) is 13.0. The Hall–Kier alpha value is -1.02. The monoisotopic (exact) mass is 272 g/mol. The summed E-state index contributed by atoms with van der Waals surface area (Å²) in [7, 11) is 2.16. The first-order valence-electron chi connectivity index (χ1n) is 7.05. The van der Waals surface area contributed by atoms with Gasteiger partial charge in [0.1, 0.15) is 7.05 Å². The van der Waals surface area contributed by atoms with Crippen molar-refractivity contribution < 1.29 is 4.57 Å². The molecule has 1 aromatic heterocycles. The lowest BCUT2D eigenvalue weighted by Gasteiger charge is -2.20. The molecule has 2 heterocycles. The van der Waals surface area contributed by atoms with Crippen molar-refractivity contribution in [3.8, 4) is 0 Å². The van der Waals surface area contributed by atoms with Gasteiger partial charge in [-0.1, -0.05) is 26.8 Å². The predicted molar refractivity (Wildman–Crippen MR) is 82.9 cm³/mol. The van der Waals surface area contributed by atoms with Crippen molar-refractivity contribution in [3.63, 3.8) is 0 Å². The van der Waals surface area contributed by atoms with E-state index in [1.165, 1.54) is 45.5 Å². The molecule has 2 heteroatoms. The number of aromatic nitrogens is 1. The molecule has 0 fully saturated rings. The van der Waals surface area contributed by atoms with Gasteiger partial charge in [-0.05, 0) is 35.6 Å². The zero-order valence-electron chi connectivity index (χ0n) is 12.3. The largest absolute Gasteiger partial charge is 0.213 e. The van der Waals surface area contributed by atoms with Crippen LogP contribution in [0.25, 0.3) is 10.9 Å². The standard InChI is InChI=1S/C17H22NS/c1-17(2,3)13-10-14-15(18(4)11-13)8-7-12-6-5-9-19-16(12)14/h7-8,10-11H,5-6,9H2,1-4H3/q+1. The zero-order chi connectivity index (χ0) is 13.6. The maximum Gasteiger partial charge on any atom is 0.213 e. The van der Waals surface area contributed by atoms with Crippen LogP contribution in [-0.2, 0) is 18.9 Å². The highest BCUT2D eigenvalue weighted by atomic mass is 32.2. The molecule has 19 heavy (non-hydrogen) atoms. The summed E-state index contributed by atoms with van der Waals surface area (Å²) in [5.41, 5.74) is 4.51. The Kier molecular flexibility index (Phi) is 3.09. The Morgan fingerprint density at radius 1 is 1.21 bits per heavy atom. The molecule has 1 aromatic carbocycles. The first-order chi connectivity index (χ1) is 8.97. The summed E-state index contributed by atoms with van der Waals surface area (Å²) in [4.78, 5) is 1.52. The van der Waals surface area contributed by atoms with Crippen LogP contribution >= 0.6 is 11.8 Å². The van der Waals surface area contributed by atoms with Crippen LogP contribution in [0, 0.1) is 0 Å². The van der Waals surface area contributed by atoms with E-state index in [1.54, 1.807) is 0 Å². The van der Waals surface area contributed by atoms with Crippen LogP contribution in [0.15, 0.2) is 29.3 Å². The first-order valence-corrected chi connectivity index (χ1v) is 8.04. The molecule has 1 aliphatic rings. The van der Waals surface area contributed by atoms with Crippen molar-refractivity contribution in [2.75, 3.05) is 5.75 Å². The number of aryl methyl sites for hydroxylation is 2. The van der Waals surface area contributed by atoms with Gasteiger partial charge in [-0.3, -0.25) is 0 Å². The molecular weight excluding hydrogens is 250 g/mol. The van der Waals surface area contributed by atoms with E-state index in [1.807, 2.05) is 11.8 Å². The third-order valence-corrected chi connectivity index (χ3v) is 5.23. The predicted octanol–water partition coefficient (Wildman–Crippen LogP) is 4.00. The third kappa shape index (κ3) is 2.27. The number of benzene rings is 1. The fraction of sp³-hybridized carbons (Fsp3) is 0.471. The fourth-order valence-electron chi connectivity index (χ4n) is 2.77. The number of nitrogens with zero attached hydrogens (tertiary/aromatic N) is 1. The van der Waals surface area contributed by atoms with E-state index in [2.05, 4.69) is 56.8 Å². The highest BCUT2D eigenvalue weighted by Gasteiger charge is 2.22. The van der Waals surface area contributed by atoms with Crippen molar-refractivity contribution >= 4 is 22.7 Å². The maximum absolute atomic E-state index is 2.41. The van der Waals surface area contributed by atoms with E-state index in [-0.39, 0.29) is 5.41 Å². The molecule has 1 nitrogen and oxygen atoms in total. The molecule has 0 amide bonds. The molecule has 0 bridgehead atoms. The highest BCUT2D eigenvalue weighted by molar-refractivity contribution is 7.99. The van der Waals surface area contributed by atoms with Crippen LogP contribution in [0.5, 0.6) is 0 Å². The minimum atomic E-state index is 0.202. The summed E-state index contributed by atoms with van der Waals surface area (Å²) in [5, 5.41) is 1.44. The van der Waals surface area contributed by atoms with E-state index in [0.717, 1.165) is 0 Å². The van der Waals surface area contributed by atoms with Crippen LogP contribution in [0.3, 0.4) is 0 Å². The number of pyridine rings is 1. The molecule has 3 rings (SSSR count). The average Bonchev–Trinajstić information content (AvgIpc) is 2.37. The number of fused-ring (bicyclic) bond motifs is 3. The molecule has 1 aliphatic heterocycles. The summed E-state index contributed by atoms with van der Waals surface area (Å²) >= 11 is 2.03. The number of hydrogen-bond acceptors (Lipinski definition) is 1. The van der Waals surface area contributed by atoms with Crippen LogP contribution in [0.1, 0.15) is 38.3 Å². The fourth-order valence-corrected chi connectivity index (χ4v) is 3.93. The molecule has 0 atom stereocenters. The third-order valence-electron chi connectivity index (χ3n) is 3.97. The van der Waals surface area contributed by atoms with Gasteiger partial charge in [0, 0.05) is 16.5 Å². The number of rotatable bonds is 0. The van der Waals surface area contributed by atoms with Gasteiger partial charge in [-0.25, -0.2) is 4.57 Å². The lowest BCUT2D eigenvalue weighted by atomic mass is 9.87. The Balaban J connectivity index is 2.32. The molecule has 100 valence electrons. The van der Waals surface area contributed by atoms with Gasteiger partial charge < -0.3 is 0 Å². The maximum atomic E-state index is 2.41. The topological polar surface area (TPSA) is 3.88 Å². The Morgan fingerprint density at radius 2 is 2.00 bits per heavy atom. The second-order valence-corrected chi connectivity index (χ2v) is 7.63. The van der Waals surface area contributed by atoms with E-state index in [4.69, 9.17) is 0 Å². The Morgan fingerprint density at radius 3 is 2.74 bits per heavy atom. The molecule has 0 unspecified atom stereocenters. The van der Waals surface area contributed by atoms with Gasteiger partial charge in [-0.2, -0.15) is 0 Å². The van der Waals surface area contributed by atoms with Crippen molar-refractivity contribution in [1.29, 1.82) is 0 Å². The zero-order valence-corrected chi connectivity index (χ0v) is 13.1. The number of thioether (sulfide) groups is 1. The van der Waals surface area contributed by atoms with E-state index in [9.17, 15) is 0 Å². The summed E-state index contributed by atoms with van der Waals surface area (Å²) < 4.78 is 2.28. The minimum Gasteiger partial charge on any atom is -0.201 e. The summed E-state index contributed by atoms with van der Waals surface area (Å²) in [5.74, 6) is 1.26. The summed E-state index contributed by atoms with van der Waals surface area (Å²) in [6.45, 7) is 6.87. The van der Waals surface area contributed by atoms with E-state index >= 15 is 0 Å². The van der Waals surface area contributed by atoms with E-state index < -0.39 is 0 Å². The second kappa shape index (κ2) is 4.52. The van der Waals surface area contributed by atoms with Gasteiger partial charge in [0.25, 0.3) is 0 Å². The van der Waals surface area contributed by atoms with Crippen LogP contribution in [0.4, 0.5) is 0 Å². The molecule has 0 saturated carbocycles. The van der Waals surface area contributed by atoms with Gasteiger partial charge in [0.05, 0.1) is 5.39 Å². The van der Waals surface area contributed by atoms with Crippen LogP contribution < -0.4 is 4.57 Å². The van der Waals surface area contributed by atoms with Gasteiger partial charge in [0.2, 0.25) is 5.52 Å². The van der Waals surface area contributed by atoms with Crippen molar-refractivity contribution in [1.82, 2.24) is 0 Å². The van der Waals surface area contributed by atoms with Crippen molar-refractivity contribution in [3.05, 3.63) is 35.5 Å². The average molecular weight is 272 g/mol. The molecule has 0 N–H and O–H groups in total. The van der Waals surface area contributed by atoms with Gasteiger partial charge >= 0.3 is 0 Å². The Labute approximate surface area is 120 Å². The number of hydrogen-bond donors (Lipinski definition) is 0. The Bertz CT molecular complexity index is 638. The smallest absolute Gasteiger partial charge is 0.201 e. The lowest BCUT2D eigenvalue weighted by molar-refractivity contribution is -0.645. The SMILES string of the molecule is C[n+]1cc(C(C)(C)C)cc2c3c(ccc21)CCCS3. The normalized spacial score (nSPS) is 15.6. The minimum absolute atomic E-state index is 0.202. The van der Waals surface area contributed by atoms with E-state index in [0.29, 0.717) is 0 Å². The molecule has 0 radical (unpaired) electrons. The molecular formula is C17H22NS+. The van der Waals surface area contributed by atoms with Gasteiger partial charge in [-0.15, -0.1) is 11.8 Å². The van der Waals surface area contributed by atoms with Crippen molar-refractivity contribution in [2.24, 2.45) is 7.05 Å². The summed E-state index contributed by atoms with van der Waals surface area (Å²) in [6.07, 6.45) is 4.83. The van der Waals surface area contributed by atoms with Gasteiger partial charge in [0.15, 0.2) is 6.20 Å². The molecule has 2 aromatic rings. The molecule has 0 aliphatic carbocycles. The van der Waals surface area contributed by atoms with Crippen LogP contribution in [0.2, 0.25) is 0 Å².